The van der Waals surface area contributed by atoms with E-state index in [0.29, 0.717) is 6.54 Å². The van der Waals surface area contributed by atoms with Crippen molar-refractivity contribution in [2.24, 2.45) is 0 Å². The third-order valence-corrected chi connectivity index (χ3v) is 5.20. The number of carbonyl (C=O) groups excluding carboxylic acids is 1. The number of nitrogens with one attached hydrogen (secondary N) is 2. The lowest BCUT2D eigenvalue weighted by Gasteiger charge is -2.17. The summed E-state index contributed by atoms with van der Waals surface area (Å²) in [6.07, 6.45) is 13.7. The fourth-order valence-electron chi connectivity index (χ4n) is 3.82. The fourth-order valence-corrected chi connectivity index (χ4v) is 3.82. The molecular weight excluding hydrogens is 322 g/mol. The Balaban J connectivity index is 1.62. The van der Waals surface area contributed by atoms with Gasteiger partial charge in [0.2, 0.25) is 0 Å². The molecule has 5 rings (SSSR count). The predicted octanol–water partition coefficient (Wildman–Crippen LogP) is 4.25. The summed E-state index contributed by atoms with van der Waals surface area (Å²) in [7, 11) is 0. The summed E-state index contributed by atoms with van der Waals surface area (Å²) in [6, 6.07) is 8.31. The number of aromatic nitrogens is 2. The van der Waals surface area contributed by atoms with Gasteiger partial charge >= 0.3 is 0 Å². The van der Waals surface area contributed by atoms with Crippen LogP contribution in [0.15, 0.2) is 54.9 Å². The molecule has 0 unspecified atom stereocenters. The van der Waals surface area contributed by atoms with Gasteiger partial charge in [0, 0.05) is 41.0 Å². The molecule has 4 heteroatoms. The van der Waals surface area contributed by atoms with Crippen LogP contribution in [-0.2, 0) is 6.42 Å². The Labute approximate surface area is 151 Å². The maximum absolute atomic E-state index is 12.0. The Hall–Kier alpha value is -3.14. The van der Waals surface area contributed by atoms with Crippen LogP contribution in [0.3, 0.4) is 0 Å². The van der Waals surface area contributed by atoms with Gasteiger partial charge in [-0.1, -0.05) is 30.4 Å². The van der Waals surface area contributed by atoms with Crippen LogP contribution in [-0.4, -0.2) is 22.4 Å². The zero-order valence-electron chi connectivity index (χ0n) is 14.4. The minimum absolute atomic E-state index is 0.0247. The van der Waals surface area contributed by atoms with Crippen molar-refractivity contribution in [2.45, 2.75) is 19.3 Å². The number of hydrogen-bond donors (Lipinski definition) is 2. The molecule has 3 aromatic rings. The normalized spacial score (nSPS) is 16.3. The van der Waals surface area contributed by atoms with Gasteiger partial charge in [-0.25, -0.2) is 4.98 Å². The molecule has 3 heterocycles. The summed E-state index contributed by atoms with van der Waals surface area (Å²) in [5, 5.41) is 4.01. The second kappa shape index (κ2) is 5.99. The number of benzene rings is 1. The van der Waals surface area contributed by atoms with Crippen LogP contribution >= 0.6 is 0 Å². The molecule has 0 atom stereocenters. The smallest absolute Gasteiger partial charge is 0.251 e. The molecule has 1 aromatic carbocycles. The predicted molar refractivity (Wildman–Crippen MR) is 104 cm³/mol. The Morgan fingerprint density at radius 3 is 2.88 bits per heavy atom. The van der Waals surface area contributed by atoms with Crippen molar-refractivity contribution in [3.05, 3.63) is 71.6 Å². The Bertz CT molecular complexity index is 1090. The lowest BCUT2D eigenvalue weighted by Crippen LogP contribution is -2.31. The van der Waals surface area contributed by atoms with E-state index < -0.39 is 0 Å². The van der Waals surface area contributed by atoms with E-state index in [-0.39, 0.29) is 5.91 Å². The average Bonchev–Trinajstić information content (AvgIpc) is 3.12. The molecule has 128 valence electrons. The van der Waals surface area contributed by atoms with Crippen molar-refractivity contribution < 1.29 is 4.79 Å². The van der Waals surface area contributed by atoms with E-state index in [2.05, 4.69) is 45.6 Å². The number of carbonyl (C=O) groups is 1. The van der Waals surface area contributed by atoms with Gasteiger partial charge in [-0.15, -0.1) is 0 Å². The highest BCUT2D eigenvalue weighted by Gasteiger charge is 2.18. The third-order valence-electron chi connectivity index (χ3n) is 5.20. The number of rotatable bonds is 2. The largest absolute Gasteiger partial charge is 0.352 e. The molecule has 0 saturated heterocycles. The Morgan fingerprint density at radius 1 is 1.04 bits per heavy atom. The number of nitrogens with zero attached hydrogens (tertiary/aromatic N) is 1. The van der Waals surface area contributed by atoms with Crippen LogP contribution in [0.4, 0.5) is 0 Å². The molecule has 26 heavy (non-hydrogen) atoms. The highest BCUT2D eigenvalue weighted by molar-refractivity contribution is 5.99. The maximum atomic E-state index is 12.0. The van der Waals surface area contributed by atoms with Gasteiger partial charge in [-0.2, -0.15) is 0 Å². The zero-order valence-corrected chi connectivity index (χ0v) is 14.4. The highest BCUT2D eigenvalue weighted by Crippen LogP contribution is 2.32. The second-order valence-electron chi connectivity index (χ2n) is 6.84. The molecule has 0 bridgehead atoms. The maximum Gasteiger partial charge on any atom is 0.251 e. The summed E-state index contributed by atoms with van der Waals surface area (Å²) in [4.78, 5) is 19.9. The first-order valence-electron chi connectivity index (χ1n) is 9.05. The van der Waals surface area contributed by atoms with Gasteiger partial charge < -0.3 is 10.3 Å². The van der Waals surface area contributed by atoms with Crippen molar-refractivity contribution in [1.82, 2.24) is 15.3 Å². The highest BCUT2D eigenvalue weighted by atomic mass is 16.1. The van der Waals surface area contributed by atoms with Gasteiger partial charge in [0.15, 0.2) is 0 Å². The van der Waals surface area contributed by atoms with Gasteiger partial charge in [0.05, 0.1) is 0 Å². The van der Waals surface area contributed by atoms with Crippen molar-refractivity contribution in [1.29, 1.82) is 0 Å². The summed E-state index contributed by atoms with van der Waals surface area (Å²) in [5.74, 6) is 0.0247. The monoisotopic (exact) mass is 341 g/mol. The molecule has 0 saturated carbocycles. The molecule has 1 aliphatic carbocycles. The quantitative estimate of drug-likeness (QED) is 0.732. The van der Waals surface area contributed by atoms with Gasteiger partial charge in [0.1, 0.15) is 5.65 Å². The van der Waals surface area contributed by atoms with Gasteiger partial charge in [0.25, 0.3) is 5.91 Å². The van der Waals surface area contributed by atoms with Crippen LogP contribution in [0.5, 0.6) is 0 Å². The first-order valence-corrected chi connectivity index (χ1v) is 9.05. The molecule has 0 spiro atoms. The molecule has 2 aliphatic rings. The van der Waals surface area contributed by atoms with Crippen molar-refractivity contribution in [3.8, 4) is 11.1 Å². The second-order valence-corrected chi connectivity index (χ2v) is 6.84. The SMILES string of the molecule is O=C1NCCc2cc(-c3c[nH]c4ncc(C5=CCCC=C5)cc34)ccc21. The molecule has 0 fully saturated rings. The number of hydrogen-bond acceptors (Lipinski definition) is 2. The van der Waals surface area contributed by atoms with Gasteiger partial charge in [-0.05, 0) is 48.1 Å². The molecule has 4 nitrogen and oxygen atoms in total. The standard InChI is InChI=1S/C22H19N3O/c26-22-18-7-6-15(10-16(18)8-9-23-22)20-13-25-21-19(20)11-17(12-24-21)14-4-2-1-3-5-14/h2,4-7,10-13H,1,3,8-9H2,(H,23,26)(H,24,25). The molecular formula is C22H19N3O. The van der Waals surface area contributed by atoms with E-state index in [1.807, 2.05) is 24.5 Å². The topological polar surface area (TPSA) is 57.8 Å². The number of amides is 1. The molecule has 2 N–H and O–H groups in total. The number of H-pyrrole nitrogens is 1. The van der Waals surface area contributed by atoms with E-state index in [9.17, 15) is 4.79 Å². The number of fused-ring (bicyclic) bond motifs is 2. The summed E-state index contributed by atoms with van der Waals surface area (Å²) in [5.41, 5.74) is 7.42. The summed E-state index contributed by atoms with van der Waals surface area (Å²) < 4.78 is 0. The first kappa shape index (κ1) is 15.1. The summed E-state index contributed by atoms with van der Waals surface area (Å²) >= 11 is 0. The molecule has 2 aromatic heterocycles. The number of pyridine rings is 1. The van der Waals surface area contributed by atoms with Crippen LogP contribution in [0, 0.1) is 0 Å². The van der Waals surface area contributed by atoms with E-state index in [1.165, 1.54) is 5.57 Å². The van der Waals surface area contributed by atoms with Crippen LogP contribution in [0.1, 0.15) is 34.3 Å². The lowest BCUT2D eigenvalue weighted by atomic mass is 9.94. The van der Waals surface area contributed by atoms with Crippen LogP contribution in [0.25, 0.3) is 27.7 Å². The number of allylic oxidation sites excluding steroid dienone is 4. The lowest BCUT2D eigenvalue weighted by molar-refractivity contribution is 0.0946. The first-order chi connectivity index (χ1) is 12.8. The minimum Gasteiger partial charge on any atom is -0.352 e. The molecule has 1 aliphatic heterocycles. The van der Waals surface area contributed by atoms with E-state index in [0.717, 1.165) is 58.1 Å². The van der Waals surface area contributed by atoms with Crippen molar-refractivity contribution in [2.75, 3.05) is 6.54 Å². The van der Waals surface area contributed by atoms with Gasteiger partial charge in [-0.3, -0.25) is 4.79 Å². The fraction of sp³-hybridized carbons (Fsp3) is 0.182. The summed E-state index contributed by atoms with van der Waals surface area (Å²) in [6.45, 7) is 0.704. The number of aromatic amines is 1. The van der Waals surface area contributed by atoms with Crippen LogP contribution in [0.2, 0.25) is 0 Å². The van der Waals surface area contributed by atoms with E-state index in [4.69, 9.17) is 0 Å². The third kappa shape index (κ3) is 2.46. The average molecular weight is 341 g/mol. The Kier molecular flexibility index (Phi) is 3.49. The van der Waals surface area contributed by atoms with Crippen LogP contribution < -0.4 is 5.32 Å². The molecule has 1 amide bonds. The van der Waals surface area contributed by atoms with Crippen molar-refractivity contribution in [3.63, 3.8) is 0 Å². The van der Waals surface area contributed by atoms with E-state index in [1.54, 1.807) is 0 Å². The van der Waals surface area contributed by atoms with E-state index >= 15 is 0 Å². The van der Waals surface area contributed by atoms with Crippen molar-refractivity contribution >= 4 is 22.5 Å². The molecule has 0 radical (unpaired) electrons. The minimum atomic E-state index is 0.0247. The Morgan fingerprint density at radius 2 is 2.00 bits per heavy atom. The zero-order chi connectivity index (χ0) is 17.5.